The summed E-state index contributed by atoms with van der Waals surface area (Å²) in [5.74, 6) is -0.930. The highest BCUT2D eigenvalue weighted by Crippen LogP contribution is 2.31. The molecular formula is C16H13N2O3S-. The molecule has 0 unspecified atom stereocenters. The number of aliphatic carboxylic acids is 1. The van der Waals surface area contributed by atoms with Crippen LogP contribution in [0.25, 0.3) is 20.7 Å². The van der Waals surface area contributed by atoms with Crippen LogP contribution in [0.1, 0.15) is 18.8 Å². The lowest BCUT2D eigenvalue weighted by atomic mass is 10.2. The monoisotopic (exact) mass is 313 g/mol. The van der Waals surface area contributed by atoms with Gasteiger partial charge in [0, 0.05) is 4.88 Å². The van der Waals surface area contributed by atoms with Crippen LogP contribution in [0, 0.1) is 6.92 Å². The second-order valence-corrected chi connectivity index (χ2v) is 6.06. The third-order valence-electron chi connectivity index (χ3n) is 3.56. The summed E-state index contributed by atoms with van der Waals surface area (Å²) in [5, 5.41) is 11.5. The zero-order valence-electron chi connectivity index (χ0n) is 12.1. The van der Waals surface area contributed by atoms with Crippen LogP contribution in [-0.2, 0) is 4.79 Å². The Balaban J connectivity index is 2.24. The van der Waals surface area contributed by atoms with Crippen molar-refractivity contribution in [3.8, 4) is 10.4 Å². The lowest BCUT2D eigenvalue weighted by Gasteiger charge is -2.17. The minimum Gasteiger partial charge on any atom is -0.548 e. The lowest BCUT2D eigenvalue weighted by Crippen LogP contribution is -2.37. The number of thiophene rings is 1. The summed E-state index contributed by atoms with van der Waals surface area (Å²) in [4.78, 5) is 29.6. The topological polar surface area (TPSA) is 75.0 Å². The first-order valence-corrected chi connectivity index (χ1v) is 7.59. The number of carboxylic acid groups (broad SMARTS) is 1. The van der Waals surface area contributed by atoms with Crippen molar-refractivity contribution in [1.82, 2.24) is 9.55 Å². The number of benzene rings is 1. The van der Waals surface area contributed by atoms with Crippen molar-refractivity contribution in [3.05, 3.63) is 52.6 Å². The number of fused-ring (bicyclic) bond motifs is 1. The van der Waals surface area contributed by atoms with E-state index in [4.69, 9.17) is 0 Å². The zero-order valence-corrected chi connectivity index (χ0v) is 12.9. The maximum atomic E-state index is 12.6. The van der Waals surface area contributed by atoms with Crippen LogP contribution in [-0.4, -0.2) is 15.5 Å². The quantitative estimate of drug-likeness (QED) is 0.738. The fraction of sp³-hybridized carbons (Fsp3) is 0.188. The summed E-state index contributed by atoms with van der Waals surface area (Å²) in [5.41, 5.74) is 0.652. The number of carbonyl (C=O) groups is 1. The van der Waals surface area contributed by atoms with E-state index in [0.29, 0.717) is 16.0 Å². The average Bonchev–Trinajstić information content (AvgIpc) is 2.92. The molecule has 1 aromatic carbocycles. The molecule has 0 amide bonds. The van der Waals surface area contributed by atoms with Crippen molar-refractivity contribution < 1.29 is 9.90 Å². The predicted molar refractivity (Wildman–Crippen MR) is 83.8 cm³/mol. The third kappa shape index (κ3) is 2.31. The molecule has 0 aliphatic rings. The van der Waals surface area contributed by atoms with Gasteiger partial charge in [-0.2, -0.15) is 0 Å². The molecule has 0 fully saturated rings. The van der Waals surface area contributed by atoms with Crippen LogP contribution >= 0.6 is 11.3 Å². The van der Waals surface area contributed by atoms with E-state index in [0.717, 1.165) is 10.4 Å². The fourth-order valence-electron chi connectivity index (χ4n) is 2.40. The molecule has 0 bridgehead atoms. The van der Waals surface area contributed by atoms with E-state index in [1.54, 1.807) is 13.0 Å². The number of carboxylic acids is 1. The molecule has 0 aliphatic heterocycles. The Morgan fingerprint density at radius 1 is 1.32 bits per heavy atom. The van der Waals surface area contributed by atoms with Gasteiger partial charge in [-0.15, -0.1) is 11.3 Å². The number of aryl methyl sites for hydroxylation is 1. The van der Waals surface area contributed by atoms with Crippen molar-refractivity contribution in [2.75, 3.05) is 0 Å². The molecule has 0 saturated carbocycles. The Bertz CT molecular complexity index is 912. The SMILES string of the molecule is Cc1nc2sc(-c3ccccc3)cc2c(=O)n1[C@@H](C)C(=O)[O-]. The molecule has 0 radical (unpaired) electrons. The van der Waals surface area contributed by atoms with E-state index in [-0.39, 0.29) is 5.56 Å². The summed E-state index contributed by atoms with van der Waals surface area (Å²) >= 11 is 1.42. The smallest absolute Gasteiger partial charge is 0.262 e. The Kier molecular flexibility index (Phi) is 3.54. The molecule has 2 aromatic heterocycles. The minimum atomic E-state index is -1.30. The molecule has 1 atom stereocenters. The molecule has 5 nitrogen and oxygen atoms in total. The van der Waals surface area contributed by atoms with Gasteiger partial charge < -0.3 is 9.90 Å². The summed E-state index contributed by atoms with van der Waals surface area (Å²) < 4.78 is 1.17. The van der Waals surface area contributed by atoms with Crippen molar-refractivity contribution in [3.63, 3.8) is 0 Å². The van der Waals surface area contributed by atoms with Crippen LogP contribution < -0.4 is 10.7 Å². The van der Waals surface area contributed by atoms with Crippen molar-refractivity contribution in [2.45, 2.75) is 19.9 Å². The van der Waals surface area contributed by atoms with Crippen molar-refractivity contribution >= 4 is 27.5 Å². The molecule has 22 heavy (non-hydrogen) atoms. The van der Waals surface area contributed by atoms with E-state index in [2.05, 4.69) is 4.98 Å². The first-order chi connectivity index (χ1) is 10.5. The van der Waals surface area contributed by atoms with Gasteiger partial charge in [-0.1, -0.05) is 30.3 Å². The number of rotatable bonds is 3. The van der Waals surface area contributed by atoms with Gasteiger partial charge in [-0.25, -0.2) is 4.98 Å². The second-order valence-electron chi connectivity index (χ2n) is 5.02. The van der Waals surface area contributed by atoms with Gasteiger partial charge in [0.15, 0.2) is 0 Å². The maximum Gasteiger partial charge on any atom is 0.262 e. The highest BCUT2D eigenvalue weighted by atomic mass is 32.1. The molecule has 0 saturated heterocycles. The lowest BCUT2D eigenvalue weighted by molar-refractivity contribution is -0.309. The van der Waals surface area contributed by atoms with E-state index in [1.165, 1.54) is 22.8 Å². The van der Waals surface area contributed by atoms with Gasteiger partial charge >= 0.3 is 0 Å². The summed E-state index contributed by atoms with van der Waals surface area (Å²) in [6.07, 6.45) is 0. The van der Waals surface area contributed by atoms with E-state index in [1.807, 2.05) is 30.3 Å². The van der Waals surface area contributed by atoms with E-state index in [9.17, 15) is 14.7 Å². The Morgan fingerprint density at radius 3 is 2.64 bits per heavy atom. The Labute approximate surface area is 130 Å². The molecule has 0 aliphatic carbocycles. The molecule has 2 heterocycles. The van der Waals surface area contributed by atoms with Crippen molar-refractivity contribution in [1.29, 1.82) is 0 Å². The molecule has 3 aromatic rings. The fourth-order valence-corrected chi connectivity index (χ4v) is 3.47. The van der Waals surface area contributed by atoms with E-state index < -0.39 is 12.0 Å². The molecule has 112 valence electrons. The molecule has 0 N–H and O–H groups in total. The van der Waals surface area contributed by atoms with Gasteiger partial charge in [-0.05, 0) is 25.5 Å². The highest BCUT2D eigenvalue weighted by Gasteiger charge is 2.16. The van der Waals surface area contributed by atoms with Gasteiger partial charge in [0.1, 0.15) is 10.7 Å². The maximum absolute atomic E-state index is 12.6. The molecular weight excluding hydrogens is 300 g/mol. The number of hydrogen-bond donors (Lipinski definition) is 0. The van der Waals surface area contributed by atoms with Crippen LogP contribution in [0.15, 0.2) is 41.2 Å². The van der Waals surface area contributed by atoms with Crippen LogP contribution in [0.4, 0.5) is 0 Å². The normalized spacial score (nSPS) is 12.5. The van der Waals surface area contributed by atoms with Gasteiger partial charge in [0.05, 0.1) is 17.4 Å². The number of carbonyl (C=O) groups excluding carboxylic acids is 1. The first-order valence-electron chi connectivity index (χ1n) is 6.78. The standard InChI is InChI=1S/C16H14N2O3S/c1-9(16(20)21)18-10(2)17-14-12(15(18)19)8-13(22-14)11-6-4-3-5-7-11/h3-9H,1-2H3,(H,20,21)/p-1/t9-/m0/s1. The van der Waals surface area contributed by atoms with Crippen LogP contribution in [0.2, 0.25) is 0 Å². The number of hydrogen-bond acceptors (Lipinski definition) is 5. The van der Waals surface area contributed by atoms with Crippen LogP contribution in [0.3, 0.4) is 0 Å². The molecule has 3 rings (SSSR count). The first kappa shape index (κ1) is 14.5. The number of aromatic nitrogens is 2. The summed E-state index contributed by atoms with van der Waals surface area (Å²) in [6, 6.07) is 10.4. The van der Waals surface area contributed by atoms with Crippen molar-refractivity contribution in [2.24, 2.45) is 0 Å². The zero-order chi connectivity index (χ0) is 15.9. The third-order valence-corrected chi connectivity index (χ3v) is 4.64. The largest absolute Gasteiger partial charge is 0.548 e. The summed E-state index contributed by atoms with van der Waals surface area (Å²) in [6.45, 7) is 3.05. The van der Waals surface area contributed by atoms with Gasteiger partial charge in [0.2, 0.25) is 0 Å². The van der Waals surface area contributed by atoms with Gasteiger partial charge in [0.25, 0.3) is 5.56 Å². The Hall–Kier alpha value is -2.47. The minimum absolute atomic E-state index is 0.349. The molecule has 0 spiro atoms. The van der Waals surface area contributed by atoms with Gasteiger partial charge in [-0.3, -0.25) is 9.36 Å². The number of nitrogens with zero attached hydrogens (tertiary/aromatic N) is 2. The Morgan fingerprint density at radius 2 is 2.00 bits per heavy atom. The highest BCUT2D eigenvalue weighted by molar-refractivity contribution is 7.21. The van der Waals surface area contributed by atoms with Crippen LogP contribution in [0.5, 0.6) is 0 Å². The second kappa shape index (κ2) is 5.38. The average molecular weight is 313 g/mol. The van der Waals surface area contributed by atoms with E-state index >= 15 is 0 Å². The summed E-state index contributed by atoms with van der Waals surface area (Å²) in [7, 11) is 0. The predicted octanol–water partition coefficient (Wildman–Crippen LogP) is 1.74. The molecule has 6 heteroatoms.